The highest BCUT2D eigenvalue weighted by atomic mass is 35.5. The van der Waals surface area contributed by atoms with Gasteiger partial charge in [-0.15, -0.1) is 0 Å². The SMILES string of the molecule is CC1(C)CNc2ccc(Cl)cc2N(c2ccccc2)C1=O. The molecule has 0 fully saturated rings. The third-order valence-corrected chi connectivity index (χ3v) is 3.95. The molecule has 0 bridgehead atoms. The molecule has 4 heteroatoms. The van der Waals surface area contributed by atoms with Crippen LogP contribution in [0.5, 0.6) is 0 Å². The van der Waals surface area contributed by atoms with Crippen LogP contribution in [0.2, 0.25) is 5.02 Å². The Balaban J connectivity index is 2.22. The zero-order valence-electron chi connectivity index (χ0n) is 12.1. The van der Waals surface area contributed by atoms with Crippen molar-refractivity contribution < 1.29 is 4.79 Å². The summed E-state index contributed by atoms with van der Waals surface area (Å²) < 4.78 is 0. The first kappa shape index (κ1) is 14.0. The van der Waals surface area contributed by atoms with E-state index in [1.165, 1.54) is 0 Å². The quantitative estimate of drug-likeness (QED) is 0.843. The molecule has 21 heavy (non-hydrogen) atoms. The fourth-order valence-electron chi connectivity index (χ4n) is 2.48. The van der Waals surface area contributed by atoms with Crippen LogP contribution in [-0.4, -0.2) is 12.5 Å². The molecule has 2 aromatic rings. The largest absolute Gasteiger partial charge is 0.382 e. The number of hydrogen-bond donors (Lipinski definition) is 1. The van der Waals surface area contributed by atoms with Crippen molar-refractivity contribution in [2.45, 2.75) is 13.8 Å². The molecule has 0 spiro atoms. The summed E-state index contributed by atoms with van der Waals surface area (Å²) in [7, 11) is 0. The standard InChI is InChI=1S/C17H17ClN2O/c1-17(2)11-19-14-9-8-12(18)10-15(14)20(16(17)21)13-6-4-3-5-7-13/h3-10,19H,11H2,1-2H3. The topological polar surface area (TPSA) is 32.3 Å². The fraction of sp³-hybridized carbons (Fsp3) is 0.235. The predicted octanol–water partition coefficient (Wildman–Crippen LogP) is 4.46. The van der Waals surface area contributed by atoms with E-state index in [1.54, 1.807) is 4.90 Å². The summed E-state index contributed by atoms with van der Waals surface area (Å²) in [4.78, 5) is 14.7. The fourth-order valence-corrected chi connectivity index (χ4v) is 2.64. The molecule has 0 saturated heterocycles. The number of anilines is 3. The Labute approximate surface area is 129 Å². The predicted molar refractivity (Wildman–Crippen MR) is 87.3 cm³/mol. The molecule has 3 nitrogen and oxygen atoms in total. The molecule has 2 aromatic carbocycles. The maximum atomic E-state index is 13.0. The minimum Gasteiger partial charge on any atom is -0.382 e. The van der Waals surface area contributed by atoms with E-state index in [4.69, 9.17) is 11.6 Å². The number of nitrogens with zero attached hydrogens (tertiary/aromatic N) is 1. The Hall–Kier alpha value is -2.00. The van der Waals surface area contributed by atoms with Gasteiger partial charge < -0.3 is 5.32 Å². The van der Waals surface area contributed by atoms with Gasteiger partial charge >= 0.3 is 0 Å². The molecular weight excluding hydrogens is 284 g/mol. The molecule has 0 unspecified atom stereocenters. The van der Waals surface area contributed by atoms with Crippen LogP contribution in [0.3, 0.4) is 0 Å². The van der Waals surface area contributed by atoms with Crippen LogP contribution in [0.15, 0.2) is 48.5 Å². The number of carbonyl (C=O) groups excluding carboxylic acids is 1. The zero-order valence-corrected chi connectivity index (χ0v) is 12.8. The molecule has 1 aliphatic rings. The summed E-state index contributed by atoms with van der Waals surface area (Å²) in [5.41, 5.74) is 2.07. The Morgan fingerprint density at radius 3 is 2.57 bits per heavy atom. The summed E-state index contributed by atoms with van der Waals surface area (Å²) in [5, 5.41) is 3.97. The molecule has 1 heterocycles. The van der Waals surface area contributed by atoms with E-state index in [9.17, 15) is 4.79 Å². The second kappa shape index (κ2) is 5.08. The summed E-state index contributed by atoms with van der Waals surface area (Å²) in [6, 6.07) is 15.2. The van der Waals surface area contributed by atoms with E-state index in [0.29, 0.717) is 11.6 Å². The van der Waals surface area contributed by atoms with Gasteiger partial charge in [0.2, 0.25) is 5.91 Å². The van der Waals surface area contributed by atoms with Gasteiger partial charge in [-0.05, 0) is 44.2 Å². The van der Waals surface area contributed by atoms with E-state index in [2.05, 4.69) is 5.32 Å². The van der Waals surface area contributed by atoms with Crippen LogP contribution in [0.4, 0.5) is 17.1 Å². The third kappa shape index (κ3) is 2.49. The molecule has 0 atom stereocenters. The van der Waals surface area contributed by atoms with E-state index >= 15 is 0 Å². The molecule has 108 valence electrons. The van der Waals surface area contributed by atoms with Crippen molar-refractivity contribution in [3.63, 3.8) is 0 Å². The lowest BCUT2D eigenvalue weighted by Gasteiger charge is -2.29. The van der Waals surface area contributed by atoms with Gasteiger partial charge in [0.05, 0.1) is 16.8 Å². The van der Waals surface area contributed by atoms with E-state index in [-0.39, 0.29) is 5.91 Å². The number of benzene rings is 2. The summed E-state index contributed by atoms with van der Waals surface area (Å²) in [6.07, 6.45) is 0. The van der Waals surface area contributed by atoms with Crippen molar-refractivity contribution in [1.82, 2.24) is 0 Å². The molecule has 1 N–H and O–H groups in total. The number of fused-ring (bicyclic) bond motifs is 1. The highest BCUT2D eigenvalue weighted by Gasteiger charge is 2.37. The monoisotopic (exact) mass is 300 g/mol. The number of amides is 1. The van der Waals surface area contributed by atoms with Crippen LogP contribution in [0.1, 0.15) is 13.8 Å². The smallest absolute Gasteiger partial charge is 0.239 e. The van der Waals surface area contributed by atoms with Gasteiger partial charge in [-0.1, -0.05) is 29.8 Å². The zero-order chi connectivity index (χ0) is 15.0. The number of hydrogen-bond acceptors (Lipinski definition) is 2. The first-order valence-corrected chi connectivity index (χ1v) is 7.30. The molecule has 0 aliphatic carbocycles. The molecule has 1 amide bonds. The van der Waals surface area contributed by atoms with Gasteiger partial charge in [0.15, 0.2) is 0 Å². The average Bonchev–Trinajstić information content (AvgIpc) is 2.56. The lowest BCUT2D eigenvalue weighted by atomic mass is 9.91. The van der Waals surface area contributed by atoms with Crippen molar-refractivity contribution in [1.29, 1.82) is 0 Å². The molecule has 1 aliphatic heterocycles. The van der Waals surface area contributed by atoms with Crippen molar-refractivity contribution in [2.75, 3.05) is 16.8 Å². The van der Waals surface area contributed by atoms with E-state index in [1.807, 2.05) is 62.4 Å². The third-order valence-electron chi connectivity index (χ3n) is 3.72. The first-order chi connectivity index (χ1) is 9.99. The Bertz CT molecular complexity index is 682. The highest BCUT2D eigenvalue weighted by Crippen LogP contribution is 2.40. The highest BCUT2D eigenvalue weighted by molar-refractivity contribution is 6.31. The Morgan fingerprint density at radius 2 is 1.86 bits per heavy atom. The van der Waals surface area contributed by atoms with Gasteiger partial charge in [-0.2, -0.15) is 0 Å². The molecule has 0 saturated carbocycles. The maximum absolute atomic E-state index is 13.0. The second-order valence-corrected chi connectivity index (χ2v) is 6.31. The van der Waals surface area contributed by atoms with Gasteiger partial charge in [0.25, 0.3) is 0 Å². The van der Waals surface area contributed by atoms with Crippen molar-refractivity contribution >= 4 is 34.6 Å². The second-order valence-electron chi connectivity index (χ2n) is 5.88. The van der Waals surface area contributed by atoms with Crippen LogP contribution in [0, 0.1) is 5.41 Å². The van der Waals surface area contributed by atoms with Crippen LogP contribution in [0.25, 0.3) is 0 Å². The van der Waals surface area contributed by atoms with Crippen molar-refractivity contribution in [3.8, 4) is 0 Å². The van der Waals surface area contributed by atoms with Gasteiger partial charge in [-0.3, -0.25) is 9.69 Å². The molecule has 0 radical (unpaired) electrons. The number of carbonyl (C=O) groups is 1. The molecule has 3 rings (SSSR count). The summed E-state index contributed by atoms with van der Waals surface area (Å²) in [5.74, 6) is 0.0576. The Kier molecular flexibility index (Phi) is 3.38. The van der Waals surface area contributed by atoms with Crippen LogP contribution < -0.4 is 10.2 Å². The summed E-state index contributed by atoms with van der Waals surface area (Å²) >= 11 is 6.14. The van der Waals surface area contributed by atoms with E-state index < -0.39 is 5.41 Å². The lowest BCUT2D eigenvalue weighted by molar-refractivity contribution is -0.125. The molecular formula is C17H17ClN2O. The number of halogens is 1. The van der Waals surface area contributed by atoms with Gasteiger partial charge in [0, 0.05) is 17.3 Å². The van der Waals surface area contributed by atoms with E-state index in [0.717, 1.165) is 17.1 Å². The first-order valence-electron chi connectivity index (χ1n) is 6.92. The van der Waals surface area contributed by atoms with Crippen LogP contribution in [-0.2, 0) is 4.79 Å². The average molecular weight is 301 g/mol. The Morgan fingerprint density at radius 1 is 1.14 bits per heavy atom. The van der Waals surface area contributed by atoms with Crippen molar-refractivity contribution in [2.24, 2.45) is 5.41 Å². The molecule has 0 aromatic heterocycles. The minimum atomic E-state index is -0.499. The maximum Gasteiger partial charge on any atom is 0.239 e. The van der Waals surface area contributed by atoms with Crippen LogP contribution >= 0.6 is 11.6 Å². The minimum absolute atomic E-state index is 0.0576. The van der Waals surface area contributed by atoms with Gasteiger partial charge in [-0.25, -0.2) is 0 Å². The summed E-state index contributed by atoms with van der Waals surface area (Å²) in [6.45, 7) is 4.49. The number of para-hydroxylation sites is 1. The van der Waals surface area contributed by atoms with Crippen molar-refractivity contribution in [3.05, 3.63) is 53.6 Å². The van der Waals surface area contributed by atoms with Gasteiger partial charge in [0.1, 0.15) is 0 Å². The normalized spacial score (nSPS) is 16.9. The number of nitrogens with one attached hydrogen (secondary N) is 1. The lowest BCUT2D eigenvalue weighted by Crippen LogP contribution is -2.39. The number of rotatable bonds is 1.